The van der Waals surface area contributed by atoms with Crippen LogP contribution < -0.4 is 0 Å². The molecule has 0 heteroatoms. The van der Waals surface area contributed by atoms with E-state index in [1.807, 2.05) is 0 Å². The number of hydrogen-bond acceptors (Lipinski definition) is 0. The average Bonchev–Trinajstić information content (AvgIpc) is 2.58. The van der Waals surface area contributed by atoms with E-state index in [0.29, 0.717) is 0 Å². The smallest absolute Gasteiger partial charge is 0.0351 e. The minimum absolute atomic E-state index is 1.02. The second-order valence-electron chi connectivity index (χ2n) is 8.28. The fourth-order valence-electron chi connectivity index (χ4n) is 5.11. The Kier molecular flexibility index (Phi) is 8.63. The minimum Gasteiger partial charge on any atom is -0.103 e. The van der Waals surface area contributed by atoms with E-state index >= 15 is 0 Å². The Morgan fingerprint density at radius 1 is 0.727 bits per heavy atom. The summed E-state index contributed by atoms with van der Waals surface area (Å²) in [6, 6.07) is 0. The summed E-state index contributed by atoms with van der Waals surface area (Å²) in [5.74, 6) is 4.27. The van der Waals surface area contributed by atoms with Crippen LogP contribution in [0.2, 0.25) is 0 Å². The van der Waals surface area contributed by atoms with Crippen LogP contribution in [0.3, 0.4) is 0 Å². The van der Waals surface area contributed by atoms with Gasteiger partial charge < -0.3 is 0 Å². The van der Waals surface area contributed by atoms with Gasteiger partial charge in [-0.15, -0.1) is 6.58 Å². The lowest BCUT2D eigenvalue weighted by atomic mass is 9.68. The highest BCUT2D eigenvalue weighted by atomic mass is 14.4. The molecule has 2 aliphatic carbocycles. The Morgan fingerprint density at radius 3 is 1.77 bits per heavy atom. The average molecular weight is 305 g/mol. The molecule has 0 amide bonds. The lowest BCUT2D eigenvalue weighted by Gasteiger charge is -2.38. The molecule has 2 saturated carbocycles. The molecular weight excluding hydrogens is 264 g/mol. The first-order valence-corrected chi connectivity index (χ1v) is 10.4. The molecule has 0 bridgehead atoms. The summed E-state index contributed by atoms with van der Waals surface area (Å²) in [5, 5.41) is 0. The predicted octanol–water partition coefficient (Wildman–Crippen LogP) is 7.54. The first-order chi connectivity index (χ1) is 10.8. The minimum atomic E-state index is 1.02. The highest BCUT2D eigenvalue weighted by Crippen LogP contribution is 2.43. The van der Waals surface area contributed by atoms with Gasteiger partial charge in [0.05, 0.1) is 0 Å². The van der Waals surface area contributed by atoms with Crippen molar-refractivity contribution in [2.45, 2.75) is 103 Å². The zero-order valence-electron chi connectivity index (χ0n) is 15.2. The first-order valence-electron chi connectivity index (χ1n) is 10.4. The van der Waals surface area contributed by atoms with Gasteiger partial charge in [-0.05, 0) is 62.2 Å². The highest BCUT2D eigenvalue weighted by molar-refractivity contribution is 4.83. The maximum Gasteiger partial charge on any atom is -0.0351 e. The molecule has 2 aliphatic rings. The van der Waals surface area contributed by atoms with E-state index in [4.69, 9.17) is 0 Å². The zero-order valence-corrected chi connectivity index (χ0v) is 15.2. The Bertz CT molecular complexity index is 276. The van der Waals surface area contributed by atoms with Crippen LogP contribution in [0, 0.1) is 23.7 Å². The van der Waals surface area contributed by atoms with E-state index in [2.05, 4.69) is 19.6 Å². The SMILES string of the molecule is C=CCCC1CCC(C2CCC(CCCCCC)CC2)CC1. The molecule has 0 nitrogen and oxygen atoms in total. The van der Waals surface area contributed by atoms with Gasteiger partial charge in [-0.2, -0.15) is 0 Å². The lowest BCUT2D eigenvalue weighted by molar-refractivity contribution is 0.140. The van der Waals surface area contributed by atoms with Crippen molar-refractivity contribution >= 4 is 0 Å². The van der Waals surface area contributed by atoms with Crippen LogP contribution in [-0.2, 0) is 0 Å². The van der Waals surface area contributed by atoms with Gasteiger partial charge >= 0.3 is 0 Å². The molecule has 0 aromatic heterocycles. The molecule has 0 saturated heterocycles. The summed E-state index contributed by atoms with van der Waals surface area (Å²) in [5.41, 5.74) is 0. The summed E-state index contributed by atoms with van der Waals surface area (Å²) in [6.45, 7) is 6.19. The summed E-state index contributed by atoms with van der Waals surface area (Å²) >= 11 is 0. The van der Waals surface area contributed by atoms with Crippen molar-refractivity contribution < 1.29 is 0 Å². The number of rotatable bonds is 9. The molecule has 0 N–H and O–H groups in total. The second kappa shape index (κ2) is 10.5. The van der Waals surface area contributed by atoms with Crippen LogP contribution in [-0.4, -0.2) is 0 Å². The molecule has 0 radical (unpaired) electrons. The van der Waals surface area contributed by atoms with Crippen molar-refractivity contribution in [1.82, 2.24) is 0 Å². The van der Waals surface area contributed by atoms with Crippen LogP contribution in [0.1, 0.15) is 103 Å². The van der Waals surface area contributed by atoms with E-state index in [9.17, 15) is 0 Å². The number of unbranched alkanes of at least 4 members (excludes halogenated alkanes) is 3. The summed E-state index contributed by atoms with van der Waals surface area (Å²) < 4.78 is 0. The molecule has 0 spiro atoms. The van der Waals surface area contributed by atoms with Gasteiger partial charge in [0.2, 0.25) is 0 Å². The lowest BCUT2D eigenvalue weighted by Crippen LogP contribution is -2.25. The Labute approximate surface area is 140 Å². The second-order valence-corrected chi connectivity index (χ2v) is 8.28. The van der Waals surface area contributed by atoms with Crippen molar-refractivity contribution in [3.63, 3.8) is 0 Å². The summed E-state index contributed by atoms with van der Waals surface area (Å²) in [6.07, 6.45) is 24.4. The predicted molar refractivity (Wildman–Crippen MR) is 99.1 cm³/mol. The van der Waals surface area contributed by atoms with Crippen molar-refractivity contribution in [1.29, 1.82) is 0 Å². The monoisotopic (exact) mass is 304 g/mol. The largest absolute Gasteiger partial charge is 0.103 e. The Morgan fingerprint density at radius 2 is 1.27 bits per heavy atom. The van der Waals surface area contributed by atoms with Gasteiger partial charge in [0.25, 0.3) is 0 Å². The van der Waals surface area contributed by atoms with Gasteiger partial charge in [0.1, 0.15) is 0 Å². The quantitative estimate of drug-likeness (QED) is 0.305. The third-order valence-corrected chi connectivity index (χ3v) is 6.69. The number of allylic oxidation sites excluding steroid dienone is 1. The standard InChI is InChI=1S/C22H40/c1-3-5-7-8-10-20-13-17-22(18-14-20)21-15-11-19(12-16-21)9-6-4-2/h4,19-22H,2-3,5-18H2,1H3. The van der Waals surface area contributed by atoms with Crippen molar-refractivity contribution in [2.75, 3.05) is 0 Å². The van der Waals surface area contributed by atoms with Crippen LogP contribution >= 0.6 is 0 Å². The molecule has 22 heavy (non-hydrogen) atoms. The molecule has 0 aliphatic heterocycles. The van der Waals surface area contributed by atoms with E-state index in [0.717, 1.165) is 23.7 Å². The highest BCUT2D eigenvalue weighted by Gasteiger charge is 2.30. The van der Waals surface area contributed by atoms with Gasteiger partial charge in [0, 0.05) is 0 Å². The van der Waals surface area contributed by atoms with E-state index < -0.39 is 0 Å². The van der Waals surface area contributed by atoms with Gasteiger partial charge in [-0.3, -0.25) is 0 Å². The Hall–Kier alpha value is -0.260. The third kappa shape index (κ3) is 6.09. The fourth-order valence-corrected chi connectivity index (χ4v) is 5.11. The van der Waals surface area contributed by atoms with Crippen LogP contribution in [0.5, 0.6) is 0 Å². The first kappa shape index (κ1) is 18.1. The number of hydrogen-bond donors (Lipinski definition) is 0. The van der Waals surface area contributed by atoms with Crippen LogP contribution in [0.15, 0.2) is 12.7 Å². The van der Waals surface area contributed by atoms with E-state index in [1.54, 1.807) is 25.7 Å². The molecular formula is C22H40. The molecule has 128 valence electrons. The summed E-state index contributed by atoms with van der Waals surface area (Å²) in [7, 11) is 0. The van der Waals surface area contributed by atoms with Crippen LogP contribution in [0.25, 0.3) is 0 Å². The normalized spacial score (nSPS) is 32.8. The van der Waals surface area contributed by atoms with Gasteiger partial charge in [-0.25, -0.2) is 0 Å². The zero-order chi connectivity index (χ0) is 15.6. The van der Waals surface area contributed by atoms with Crippen molar-refractivity contribution in [2.24, 2.45) is 23.7 Å². The Balaban J connectivity index is 1.58. The summed E-state index contributed by atoms with van der Waals surface area (Å²) in [4.78, 5) is 0. The maximum atomic E-state index is 3.87. The van der Waals surface area contributed by atoms with Gasteiger partial charge in [-0.1, -0.05) is 70.8 Å². The molecule has 0 unspecified atom stereocenters. The molecule has 0 aromatic carbocycles. The molecule has 2 fully saturated rings. The third-order valence-electron chi connectivity index (χ3n) is 6.69. The van der Waals surface area contributed by atoms with Crippen molar-refractivity contribution in [3.8, 4) is 0 Å². The van der Waals surface area contributed by atoms with E-state index in [1.165, 1.54) is 70.6 Å². The fraction of sp³-hybridized carbons (Fsp3) is 0.909. The molecule has 0 heterocycles. The van der Waals surface area contributed by atoms with Gasteiger partial charge in [0.15, 0.2) is 0 Å². The van der Waals surface area contributed by atoms with Crippen molar-refractivity contribution in [3.05, 3.63) is 12.7 Å². The van der Waals surface area contributed by atoms with Crippen LogP contribution in [0.4, 0.5) is 0 Å². The molecule has 2 rings (SSSR count). The molecule has 0 atom stereocenters. The topological polar surface area (TPSA) is 0 Å². The maximum absolute atomic E-state index is 3.87. The van der Waals surface area contributed by atoms with E-state index in [-0.39, 0.29) is 0 Å². The molecule has 0 aromatic rings.